The number of hydrogen-bond acceptors (Lipinski definition) is 5. The Morgan fingerprint density at radius 2 is 2.11 bits per heavy atom. The number of anilines is 1. The summed E-state index contributed by atoms with van der Waals surface area (Å²) in [5.41, 5.74) is -0.205. The van der Waals surface area contributed by atoms with Gasteiger partial charge in [0.05, 0.1) is 23.6 Å². The standard InChI is InChI=1S/C10H13NO6S/c1-17-4-5-18(15,16)11-8-3-2-7(10(13)14)6-9(8)12/h2-3,6,11-12H,4-5H2,1H3,(H,13,14). The molecule has 1 aromatic carbocycles. The van der Waals surface area contributed by atoms with Crippen LogP contribution < -0.4 is 4.72 Å². The van der Waals surface area contributed by atoms with Gasteiger partial charge in [0, 0.05) is 7.11 Å². The maximum atomic E-state index is 11.5. The molecule has 0 heterocycles. The zero-order valence-electron chi connectivity index (χ0n) is 9.58. The third kappa shape index (κ3) is 3.90. The van der Waals surface area contributed by atoms with Crippen LogP contribution in [0, 0.1) is 0 Å². The maximum Gasteiger partial charge on any atom is 0.335 e. The van der Waals surface area contributed by atoms with Gasteiger partial charge in [0.15, 0.2) is 0 Å². The molecule has 0 atom stereocenters. The monoisotopic (exact) mass is 275 g/mol. The molecule has 0 bridgehead atoms. The number of phenolic OH excluding ortho intramolecular Hbond substituents is 1. The third-order valence-corrected chi connectivity index (χ3v) is 3.30. The van der Waals surface area contributed by atoms with Crippen LogP contribution in [-0.4, -0.2) is 44.1 Å². The van der Waals surface area contributed by atoms with Crippen LogP contribution in [0.5, 0.6) is 5.75 Å². The van der Waals surface area contributed by atoms with Crippen LogP contribution in [0.1, 0.15) is 10.4 Å². The van der Waals surface area contributed by atoms with E-state index in [9.17, 15) is 18.3 Å². The molecule has 0 aliphatic rings. The van der Waals surface area contributed by atoms with Crippen molar-refractivity contribution >= 4 is 21.7 Å². The van der Waals surface area contributed by atoms with Crippen molar-refractivity contribution in [3.63, 3.8) is 0 Å². The summed E-state index contributed by atoms with van der Waals surface area (Å²) >= 11 is 0. The van der Waals surface area contributed by atoms with Crippen molar-refractivity contribution in [2.45, 2.75) is 0 Å². The summed E-state index contributed by atoms with van der Waals surface area (Å²) in [7, 11) is -2.27. The van der Waals surface area contributed by atoms with Crippen LogP contribution in [0.15, 0.2) is 18.2 Å². The van der Waals surface area contributed by atoms with Gasteiger partial charge in [-0.15, -0.1) is 0 Å². The highest BCUT2D eigenvalue weighted by Gasteiger charge is 2.14. The largest absolute Gasteiger partial charge is 0.506 e. The Morgan fingerprint density at radius 1 is 1.44 bits per heavy atom. The van der Waals surface area contributed by atoms with Gasteiger partial charge < -0.3 is 14.9 Å². The average molecular weight is 275 g/mol. The number of carbonyl (C=O) groups is 1. The number of ether oxygens (including phenoxy) is 1. The van der Waals surface area contributed by atoms with Gasteiger partial charge in [-0.25, -0.2) is 13.2 Å². The van der Waals surface area contributed by atoms with Crippen LogP contribution in [0.4, 0.5) is 5.69 Å². The summed E-state index contributed by atoms with van der Waals surface area (Å²) < 4.78 is 29.8. The number of rotatable bonds is 6. The molecule has 0 saturated carbocycles. The molecule has 1 rings (SSSR count). The van der Waals surface area contributed by atoms with Crippen LogP contribution in [-0.2, 0) is 14.8 Å². The predicted octanol–water partition coefficient (Wildman–Crippen LogP) is 0.478. The van der Waals surface area contributed by atoms with E-state index in [1.807, 2.05) is 0 Å². The summed E-state index contributed by atoms with van der Waals surface area (Å²) in [6.45, 7) is 0.0172. The van der Waals surface area contributed by atoms with E-state index < -0.39 is 21.7 Å². The van der Waals surface area contributed by atoms with Crippen molar-refractivity contribution in [1.82, 2.24) is 0 Å². The quantitative estimate of drug-likeness (QED) is 0.651. The Balaban J connectivity index is 2.89. The summed E-state index contributed by atoms with van der Waals surface area (Å²) in [5.74, 6) is -1.92. The van der Waals surface area contributed by atoms with Gasteiger partial charge in [-0.3, -0.25) is 4.72 Å². The molecule has 18 heavy (non-hydrogen) atoms. The van der Waals surface area contributed by atoms with Gasteiger partial charge in [-0.05, 0) is 18.2 Å². The van der Waals surface area contributed by atoms with Crippen LogP contribution >= 0.6 is 0 Å². The minimum absolute atomic E-state index is 0.0172. The first-order chi connectivity index (χ1) is 8.35. The lowest BCUT2D eigenvalue weighted by Gasteiger charge is -2.09. The Kier molecular flexibility index (Phi) is 4.51. The molecule has 100 valence electrons. The smallest absolute Gasteiger partial charge is 0.335 e. The number of phenols is 1. The van der Waals surface area contributed by atoms with Crippen molar-refractivity contribution in [3.8, 4) is 5.75 Å². The lowest BCUT2D eigenvalue weighted by molar-refractivity contribution is 0.0696. The molecule has 0 saturated heterocycles. The number of aromatic carboxylic acids is 1. The Bertz CT molecular complexity index is 539. The maximum absolute atomic E-state index is 11.5. The lowest BCUT2D eigenvalue weighted by atomic mass is 10.2. The molecule has 0 aliphatic heterocycles. The molecular formula is C10H13NO6S. The highest BCUT2D eigenvalue weighted by atomic mass is 32.2. The summed E-state index contributed by atoms with van der Waals surface area (Å²) in [5, 5.41) is 18.2. The first-order valence-corrected chi connectivity index (χ1v) is 6.56. The molecule has 0 amide bonds. The molecule has 7 nitrogen and oxygen atoms in total. The Morgan fingerprint density at radius 3 is 2.61 bits per heavy atom. The molecule has 1 aromatic rings. The summed E-state index contributed by atoms with van der Waals surface area (Å²) in [6, 6.07) is 3.34. The molecule has 0 radical (unpaired) electrons. The van der Waals surface area contributed by atoms with E-state index in [1.54, 1.807) is 0 Å². The molecule has 3 N–H and O–H groups in total. The number of hydrogen-bond donors (Lipinski definition) is 3. The lowest BCUT2D eigenvalue weighted by Crippen LogP contribution is -2.19. The fraction of sp³-hybridized carbons (Fsp3) is 0.300. The summed E-state index contributed by atoms with van der Waals surface area (Å²) in [6.07, 6.45) is 0. The fourth-order valence-electron chi connectivity index (χ4n) is 1.16. The average Bonchev–Trinajstić information content (AvgIpc) is 2.29. The molecule has 0 unspecified atom stereocenters. The molecule has 0 fully saturated rings. The van der Waals surface area contributed by atoms with E-state index in [4.69, 9.17) is 5.11 Å². The zero-order valence-corrected chi connectivity index (χ0v) is 10.4. The number of nitrogens with one attached hydrogen (secondary N) is 1. The van der Waals surface area contributed by atoms with Gasteiger partial charge in [-0.1, -0.05) is 0 Å². The molecule has 0 spiro atoms. The van der Waals surface area contributed by atoms with E-state index >= 15 is 0 Å². The van der Waals surface area contributed by atoms with Crippen LogP contribution in [0.2, 0.25) is 0 Å². The van der Waals surface area contributed by atoms with Gasteiger partial charge in [0.1, 0.15) is 5.75 Å². The number of carboxylic acids is 1. The van der Waals surface area contributed by atoms with E-state index in [2.05, 4.69) is 9.46 Å². The minimum atomic E-state index is -3.63. The number of methoxy groups -OCH3 is 1. The van der Waals surface area contributed by atoms with Crippen molar-refractivity contribution in [2.75, 3.05) is 24.2 Å². The first-order valence-electron chi connectivity index (χ1n) is 4.91. The van der Waals surface area contributed by atoms with Crippen molar-refractivity contribution in [1.29, 1.82) is 0 Å². The second-order valence-corrected chi connectivity index (χ2v) is 5.29. The number of sulfonamides is 1. The van der Waals surface area contributed by atoms with Gasteiger partial charge in [0.2, 0.25) is 10.0 Å². The van der Waals surface area contributed by atoms with E-state index in [0.717, 1.165) is 6.07 Å². The Labute approximate surface area is 104 Å². The first kappa shape index (κ1) is 14.3. The minimum Gasteiger partial charge on any atom is -0.506 e. The molecular weight excluding hydrogens is 262 g/mol. The van der Waals surface area contributed by atoms with E-state index in [0.29, 0.717) is 0 Å². The number of benzene rings is 1. The van der Waals surface area contributed by atoms with Crippen LogP contribution in [0.3, 0.4) is 0 Å². The Hall–Kier alpha value is -1.80. The van der Waals surface area contributed by atoms with Crippen molar-refractivity contribution in [2.24, 2.45) is 0 Å². The normalized spacial score (nSPS) is 11.2. The second kappa shape index (κ2) is 5.69. The topological polar surface area (TPSA) is 113 Å². The highest BCUT2D eigenvalue weighted by Crippen LogP contribution is 2.25. The molecule has 0 aromatic heterocycles. The van der Waals surface area contributed by atoms with Gasteiger partial charge in [0.25, 0.3) is 0 Å². The summed E-state index contributed by atoms with van der Waals surface area (Å²) in [4.78, 5) is 10.6. The fourth-order valence-corrected chi connectivity index (χ4v) is 2.16. The third-order valence-electron chi connectivity index (χ3n) is 2.07. The van der Waals surface area contributed by atoms with E-state index in [-0.39, 0.29) is 23.6 Å². The number of carboxylic acid groups (broad SMARTS) is 1. The van der Waals surface area contributed by atoms with Crippen molar-refractivity contribution in [3.05, 3.63) is 23.8 Å². The molecule has 0 aliphatic carbocycles. The zero-order chi connectivity index (χ0) is 13.8. The SMILES string of the molecule is COCCS(=O)(=O)Nc1ccc(C(=O)O)cc1O. The number of aromatic hydroxyl groups is 1. The predicted molar refractivity (Wildman–Crippen MR) is 64.4 cm³/mol. The molecule has 8 heteroatoms. The van der Waals surface area contributed by atoms with Crippen molar-refractivity contribution < 1.29 is 28.2 Å². The highest BCUT2D eigenvalue weighted by molar-refractivity contribution is 7.92. The van der Waals surface area contributed by atoms with Crippen LogP contribution in [0.25, 0.3) is 0 Å². The van der Waals surface area contributed by atoms with E-state index in [1.165, 1.54) is 19.2 Å². The van der Waals surface area contributed by atoms with Gasteiger partial charge in [-0.2, -0.15) is 0 Å². The van der Waals surface area contributed by atoms with Gasteiger partial charge >= 0.3 is 5.97 Å². The second-order valence-electron chi connectivity index (χ2n) is 3.45.